The highest BCUT2D eigenvalue weighted by molar-refractivity contribution is 9.10. The molecule has 1 aromatic carbocycles. The van der Waals surface area contributed by atoms with Crippen LogP contribution in [0.15, 0.2) is 45.3 Å². The van der Waals surface area contributed by atoms with Gasteiger partial charge in [-0.15, -0.1) is 0 Å². The Bertz CT molecular complexity index is 1060. The molecule has 1 N–H and O–H groups in total. The Morgan fingerprint density at radius 1 is 1.16 bits per heavy atom. The van der Waals surface area contributed by atoms with Gasteiger partial charge in [0.05, 0.1) is 42.9 Å². The second kappa shape index (κ2) is 15.0. The highest BCUT2D eigenvalue weighted by Crippen LogP contribution is 2.35. The number of esters is 1. The number of hydrogen-bond donors (Lipinski definition) is 1. The number of benzene rings is 1. The first-order chi connectivity index (χ1) is 18.3. The molecule has 1 aliphatic heterocycles. The van der Waals surface area contributed by atoms with Gasteiger partial charge in [-0.3, -0.25) is 9.59 Å². The van der Waals surface area contributed by atoms with Crippen molar-refractivity contribution < 1.29 is 42.9 Å². The molecule has 1 saturated heterocycles. The summed E-state index contributed by atoms with van der Waals surface area (Å²) in [6.45, 7) is 4.51. The Hall–Kier alpha value is -2.73. The third-order valence-corrected chi connectivity index (χ3v) is 6.68. The molecule has 0 spiro atoms. The lowest BCUT2D eigenvalue weighted by atomic mass is 9.98. The number of nitrogens with zero attached hydrogens (tertiary/aromatic N) is 1. The predicted octanol–water partition coefficient (Wildman–Crippen LogP) is 3.83. The zero-order valence-corrected chi connectivity index (χ0v) is 23.2. The molecular weight excluding hydrogens is 562 g/mol. The highest BCUT2D eigenvalue weighted by atomic mass is 79.9. The van der Waals surface area contributed by atoms with Gasteiger partial charge < -0.3 is 28.5 Å². The van der Waals surface area contributed by atoms with Crippen molar-refractivity contribution in [3.8, 4) is 0 Å². The van der Waals surface area contributed by atoms with Gasteiger partial charge >= 0.3 is 12.1 Å². The number of carbonyl (C=O) groups excluding carboxylic acids is 3. The quantitative estimate of drug-likeness (QED) is 0.241. The van der Waals surface area contributed by atoms with Crippen LogP contribution in [0.1, 0.15) is 43.5 Å². The Kier molecular flexibility index (Phi) is 11.8. The topological polar surface area (TPSA) is 125 Å². The number of halogens is 1. The molecule has 0 bridgehead atoms. The van der Waals surface area contributed by atoms with Crippen LogP contribution in [0, 0.1) is 5.92 Å². The molecule has 3 atom stereocenters. The smallest absolute Gasteiger partial charge is 0.416 e. The lowest BCUT2D eigenvalue weighted by molar-refractivity contribution is -0.154. The summed E-state index contributed by atoms with van der Waals surface area (Å²) in [7, 11) is 0. The predicted molar refractivity (Wildman–Crippen MR) is 139 cm³/mol. The number of imide groups is 1. The van der Waals surface area contributed by atoms with Crippen LogP contribution < -0.4 is 0 Å². The van der Waals surface area contributed by atoms with Crippen molar-refractivity contribution in [2.45, 2.75) is 45.3 Å². The van der Waals surface area contributed by atoms with Crippen molar-refractivity contribution in [2.75, 3.05) is 39.6 Å². The van der Waals surface area contributed by atoms with Gasteiger partial charge in [0.2, 0.25) is 5.91 Å². The summed E-state index contributed by atoms with van der Waals surface area (Å²) in [6.07, 6.45) is -0.0812. The molecule has 2 heterocycles. The molecule has 0 aliphatic carbocycles. The number of carbonyl (C=O) groups is 3. The standard InChI is InChI=1S/C27H34BrNO9/c1-18(26(32)29-21(17-36-27(29)33)15-20-7-4-3-5-8-20)25(37-19(2)31)24-16-22(28)23(38-24)9-6-11-34-13-14-35-12-10-30/h3-5,7-8,16,18,21,25,30H,6,9-15,17H2,1-2H3/t18-,21-,25-/m0/s1. The fourth-order valence-electron chi connectivity index (χ4n) is 4.16. The largest absolute Gasteiger partial charge is 0.461 e. The maximum absolute atomic E-state index is 13.5. The number of amides is 2. The maximum atomic E-state index is 13.5. The van der Waals surface area contributed by atoms with E-state index in [-0.39, 0.29) is 19.8 Å². The van der Waals surface area contributed by atoms with E-state index in [2.05, 4.69) is 15.9 Å². The fraction of sp³-hybridized carbons (Fsp3) is 0.519. The van der Waals surface area contributed by atoms with E-state index in [0.717, 1.165) is 10.5 Å². The van der Waals surface area contributed by atoms with E-state index >= 15 is 0 Å². The summed E-state index contributed by atoms with van der Waals surface area (Å²) in [5.74, 6) is -1.07. The van der Waals surface area contributed by atoms with Crippen LogP contribution >= 0.6 is 15.9 Å². The zero-order valence-electron chi connectivity index (χ0n) is 21.6. The summed E-state index contributed by atoms with van der Waals surface area (Å²) in [5.41, 5.74) is 0.971. The van der Waals surface area contributed by atoms with Crippen LogP contribution in [0.25, 0.3) is 0 Å². The van der Waals surface area contributed by atoms with Crippen LogP contribution in [-0.4, -0.2) is 73.7 Å². The van der Waals surface area contributed by atoms with Crippen LogP contribution in [0.5, 0.6) is 0 Å². The van der Waals surface area contributed by atoms with Gasteiger partial charge in [-0.05, 0) is 47.3 Å². The van der Waals surface area contributed by atoms with Crippen molar-refractivity contribution in [1.82, 2.24) is 4.90 Å². The monoisotopic (exact) mass is 595 g/mol. The van der Waals surface area contributed by atoms with E-state index in [1.54, 1.807) is 13.0 Å². The molecule has 1 aliphatic rings. The Balaban J connectivity index is 1.66. The van der Waals surface area contributed by atoms with Gasteiger partial charge in [0, 0.05) is 20.0 Å². The number of ether oxygens (including phenoxy) is 4. The summed E-state index contributed by atoms with van der Waals surface area (Å²) in [6, 6.07) is 10.7. The molecule has 1 fully saturated rings. The van der Waals surface area contributed by atoms with Crippen LogP contribution in [0.3, 0.4) is 0 Å². The molecule has 3 rings (SSSR count). The lowest BCUT2D eigenvalue weighted by Gasteiger charge is -2.27. The van der Waals surface area contributed by atoms with Gasteiger partial charge in [0.25, 0.3) is 0 Å². The van der Waals surface area contributed by atoms with Crippen molar-refractivity contribution >= 4 is 33.9 Å². The second-order valence-electron chi connectivity index (χ2n) is 8.92. The fourth-order valence-corrected chi connectivity index (χ4v) is 4.66. The summed E-state index contributed by atoms with van der Waals surface area (Å²) >= 11 is 3.48. The van der Waals surface area contributed by atoms with Crippen molar-refractivity contribution in [1.29, 1.82) is 0 Å². The van der Waals surface area contributed by atoms with Crippen molar-refractivity contribution in [2.24, 2.45) is 5.92 Å². The minimum Gasteiger partial charge on any atom is -0.461 e. The van der Waals surface area contributed by atoms with Gasteiger partial charge in [0.15, 0.2) is 6.10 Å². The van der Waals surface area contributed by atoms with Crippen LogP contribution in [0.2, 0.25) is 0 Å². The first-order valence-electron chi connectivity index (χ1n) is 12.6. The molecule has 0 saturated carbocycles. The molecule has 2 amide bonds. The van der Waals surface area contributed by atoms with E-state index in [4.69, 9.17) is 28.5 Å². The normalized spacial score (nSPS) is 16.8. The van der Waals surface area contributed by atoms with Crippen LogP contribution in [-0.2, 0) is 41.4 Å². The lowest BCUT2D eigenvalue weighted by Crippen LogP contribution is -2.44. The average molecular weight is 596 g/mol. The van der Waals surface area contributed by atoms with Crippen molar-refractivity contribution in [3.05, 3.63) is 58.0 Å². The molecule has 10 nitrogen and oxygen atoms in total. The Labute approximate surface area is 230 Å². The second-order valence-corrected chi connectivity index (χ2v) is 9.77. The number of rotatable bonds is 15. The number of aryl methyl sites for hydroxylation is 1. The third-order valence-electron chi connectivity index (χ3n) is 6.01. The number of furan rings is 1. The number of aliphatic hydroxyl groups is 1. The average Bonchev–Trinajstić information content (AvgIpc) is 3.45. The summed E-state index contributed by atoms with van der Waals surface area (Å²) in [4.78, 5) is 39.1. The Morgan fingerprint density at radius 3 is 2.55 bits per heavy atom. The minimum atomic E-state index is -1.03. The SMILES string of the molecule is CC(=O)O[C@H](c1cc(Br)c(CCCOCCOCCO)o1)[C@H](C)C(=O)N1C(=O)OC[C@@H]1Cc1ccccc1. The van der Waals surface area contributed by atoms with E-state index in [9.17, 15) is 14.4 Å². The minimum absolute atomic E-state index is 0.0240. The van der Waals surface area contributed by atoms with Gasteiger partial charge in [0.1, 0.15) is 18.1 Å². The maximum Gasteiger partial charge on any atom is 0.416 e. The molecule has 1 aromatic heterocycles. The molecule has 2 aromatic rings. The molecule has 208 valence electrons. The summed E-state index contributed by atoms with van der Waals surface area (Å²) < 4.78 is 28.1. The molecule has 0 radical (unpaired) electrons. The first-order valence-corrected chi connectivity index (χ1v) is 13.4. The Morgan fingerprint density at radius 2 is 1.87 bits per heavy atom. The van der Waals surface area contributed by atoms with Crippen molar-refractivity contribution in [3.63, 3.8) is 0 Å². The number of aliphatic hydroxyl groups excluding tert-OH is 1. The van der Waals surface area contributed by atoms with Crippen LogP contribution in [0.4, 0.5) is 4.79 Å². The zero-order chi connectivity index (χ0) is 27.5. The first kappa shape index (κ1) is 29.8. The molecule has 38 heavy (non-hydrogen) atoms. The molecule has 11 heteroatoms. The summed E-state index contributed by atoms with van der Waals surface area (Å²) in [5, 5.41) is 8.70. The van der Waals surface area contributed by atoms with E-state index < -0.39 is 36.0 Å². The third kappa shape index (κ3) is 8.39. The highest BCUT2D eigenvalue weighted by Gasteiger charge is 2.43. The van der Waals surface area contributed by atoms with Gasteiger partial charge in [-0.2, -0.15) is 0 Å². The number of hydrogen-bond acceptors (Lipinski definition) is 9. The molecule has 0 unspecified atom stereocenters. The van der Waals surface area contributed by atoms with E-state index in [1.165, 1.54) is 6.92 Å². The van der Waals surface area contributed by atoms with Gasteiger partial charge in [-0.1, -0.05) is 30.3 Å². The van der Waals surface area contributed by atoms with Gasteiger partial charge in [-0.25, -0.2) is 9.69 Å². The van der Waals surface area contributed by atoms with E-state index in [1.807, 2.05) is 30.3 Å². The van der Waals surface area contributed by atoms with E-state index in [0.29, 0.717) is 55.1 Å². The molecular formula is C27H34BrNO9. The number of cyclic esters (lactones) is 1.